The molecule has 0 saturated carbocycles. The molecule has 0 aromatic heterocycles. The summed E-state index contributed by atoms with van der Waals surface area (Å²) in [6, 6.07) is 13.0. The number of nitrogens with one attached hydrogen (secondary N) is 1. The Labute approximate surface area is 136 Å². The van der Waals surface area contributed by atoms with Crippen LogP contribution in [0, 0.1) is 11.3 Å². The minimum Gasteiger partial charge on any atom is -0.482 e. The van der Waals surface area contributed by atoms with Gasteiger partial charge in [0.2, 0.25) is 0 Å². The number of benzene rings is 2. The second kappa shape index (κ2) is 7.51. The molecule has 0 aliphatic carbocycles. The lowest BCUT2D eigenvalue weighted by molar-refractivity contribution is -0.137. The van der Waals surface area contributed by atoms with Crippen LogP contribution in [0.2, 0.25) is 0 Å². The molecule has 0 heterocycles. The molecule has 2 aromatic carbocycles. The summed E-state index contributed by atoms with van der Waals surface area (Å²) in [6.07, 6.45) is -4.39. The van der Waals surface area contributed by atoms with Gasteiger partial charge < -0.3 is 10.1 Å². The van der Waals surface area contributed by atoms with Crippen LogP contribution >= 0.6 is 0 Å². The van der Waals surface area contributed by atoms with Crippen LogP contribution in [-0.4, -0.2) is 12.5 Å². The number of rotatable bonds is 5. The Hall–Kier alpha value is -3.01. The quantitative estimate of drug-likeness (QED) is 0.913. The van der Waals surface area contributed by atoms with E-state index in [9.17, 15) is 18.0 Å². The second-order valence-corrected chi connectivity index (χ2v) is 4.87. The van der Waals surface area contributed by atoms with Gasteiger partial charge in [-0.2, -0.15) is 18.4 Å². The van der Waals surface area contributed by atoms with Crippen molar-refractivity contribution in [2.75, 3.05) is 6.61 Å². The average Bonchev–Trinajstić information content (AvgIpc) is 2.58. The molecule has 4 nitrogen and oxygen atoms in total. The summed E-state index contributed by atoms with van der Waals surface area (Å²) in [4.78, 5) is 11.7. The van der Waals surface area contributed by atoms with E-state index in [1.807, 2.05) is 6.07 Å². The van der Waals surface area contributed by atoms with Crippen molar-refractivity contribution >= 4 is 5.91 Å². The van der Waals surface area contributed by atoms with E-state index in [-0.39, 0.29) is 13.2 Å². The fraction of sp³-hybridized carbons (Fsp3) is 0.176. The normalized spacial score (nSPS) is 10.8. The van der Waals surface area contributed by atoms with Crippen molar-refractivity contribution in [2.45, 2.75) is 12.7 Å². The third kappa shape index (κ3) is 4.74. The first-order valence-corrected chi connectivity index (χ1v) is 6.95. The van der Waals surface area contributed by atoms with Crippen molar-refractivity contribution in [1.82, 2.24) is 5.32 Å². The monoisotopic (exact) mass is 334 g/mol. The molecule has 0 aliphatic heterocycles. The molecule has 0 fully saturated rings. The first-order chi connectivity index (χ1) is 11.4. The van der Waals surface area contributed by atoms with E-state index < -0.39 is 17.6 Å². The van der Waals surface area contributed by atoms with Gasteiger partial charge in [0, 0.05) is 6.54 Å². The molecular formula is C17H13F3N2O2. The molecule has 1 N–H and O–H groups in total. The fourth-order valence-corrected chi connectivity index (χ4v) is 1.89. The Morgan fingerprint density at radius 1 is 1.12 bits per heavy atom. The molecular weight excluding hydrogens is 321 g/mol. The van der Waals surface area contributed by atoms with Gasteiger partial charge in [-0.15, -0.1) is 0 Å². The van der Waals surface area contributed by atoms with Crippen LogP contribution in [0.4, 0.5) is 13.2 Å². The van der Waals surface area contributed by atoms with E-state index in [0.29, 0.717) is 16.9 Å². The number of nitriles is 1. The number of carbonyl (C=O) groups excluding carboxylic acids is 1. The van der Waals surface area contributed by atoms with Crippen LogP contribution in [0.25, 0.3) is 0 Å². The van der Waals surface area contributed by atoms with Crippen LogP contribution < -0.4 is 10.1 Å². The topological polar surface area (TPSA) is 62.1 Å². The third-order valence-corrected chi connectivity index (χ3v) is 3.14. The standard InChI is InChI=1S/C17H13F3N2O2/c18-17(19,20)14-7-5-12(6-8-14)10-22-16(23)11-24-15-4-2-1-3-13(15)9-21/h1-8H,10-11H2,(H,22,23). The highest BCUT2D eigenvalue weighted by Crippen LogP contribution is 2.29. The zero-order valence-electron chi connectivity index (χ0n) is 12.4. The van der Waals surface area contributed by atoms with E-state index in [2.05, 4.69) is 5.32 Å². The van der Waals surface area contributed by atoms with Crippen molar-refractivity contribution in [3.05, 3.63) is 65.2 Å². The van der Waals surface area contributed by atoms with Crippen molar-refractivity contribution in [2.24, 2.45) is 0 Å². The zero-order valence-corrected chi connectivity index (χ0v) is 12.4. The van der Waals surface area contributed by atoms with Gasteiger partial charge in [-0.1, -0.05) is 24.3 Å². The summed E-state index contributed by atoms with van der Waals surface area (Å²) in [5.41, 5.74) is 0.107. The minimum absolute atomic E-state index is 0.0836. The maximum atomic E-state index is 12.4. The third-order valence-electron chi connectivity index (χ3n) is 3.14. The van der Waals surface area contributed by atoms with Gasteiger partial charge in [0.05, 0.1) is 11.1 Å². The van der Waals surface area contributed by atoms with E-state index in [4.69, 9.17) is 10.00 Å². The number of ether oxygens (including phenoxy) is 1. The van der Waals surface area contributed by atoms with E-state index in [1.54, 1.807) is 24.3 Å². The van der Waals surface area contributed by atoms with E-state index in [1.165, 1.54) is 12.1 Å². The van der Waals surface area contributed by atoms with Crippen LogP contribution in [0.5, 0.6) is 5.75 Å². The Kier molecular flexibility index (Phi) is 5.42. The minimum atomic E-state index is -4.39. The molecule has 0 spiro atoms. The van der Waals surface area contributed by atoms with E-state index >= 15 is 0 Å². The largest absolute Gasteiger partial charge is 0.482 e. The van der Waals surface area contributed by atoms with Crippen LogP contribution in [0.3, 0.4) is 0 Å². The van der Waals surface area contributed by atoms with Gasteiger partial charge in [-0.3, -0.25) is 4.79 Å². The maximum Gasteiger partial charge on any atom is 0.416 e. The summed E-state index contributed by atoms with van der Waals surface area (Å²) in [7, 11) is 0. The first kappa shape index (κ1) is 17.3. The molecule has 0 aliphatic rings. The van der Waals surface area contributed by atoms with Crippen LogP contribution in [-0.2, 0) is 17.5 Å². The zero-order chi connectivity index (χ0) is 17.6. The highest BCUT2D eigenvalue weighted by Gasteiger charge is 2.29. The predicted octanol–water partition coefficient (Wildman–Crippen LogP) is 3.27. The van der Waals surface area contributed by atoms with Crippen molar-refractivity contribution < 1.29 is 22.7 Å². The Morgan fingerprint density at radius 3 is 2.42 bits per heavy atom. The number of hydrogen-bond donors (Lipinski definition) is 1. The first-order valence-electron chi connectivity index (χ1n) is 6.95. The SMILES string of the molecule is N#Cc1ccccc1OCC(=O)NCc1ccc(C(F)(F)F)cc1. The van der Waals surface area contributed by atoms with Crippen LogP contribution in [0.1, 0.15) is 16.7 Å². The highest BCUT2D eigenvalue weighted by atomic mass is 19.4. The predicted molar refractivity (Wildman–Crippen MR) is 79.9 cm³/mol. The number of amides is 1. The highest BCUT2D eigenvalue weighted by molar-refractivity contribution is 5.77. The van der Waals surface area contributed by atoms with Gasteiger partial charge in [0.25, 0.3) is 5.91 Å². The number of nitrogens with zero attached hydrogens (tertiary/aromatic N) is 1. The molecule has 0 atom stereocenters. The number of alkyl halides is 3. The molecule has 0 bridgehead atoms. The Bertz CT molecular complexity index is 750. The molecule has 0 unspecified atom stereocenters. The van der Waals surface area contributed by atoms with Crippen LogP contribution in [0.15, 0.2) is 48.5 Å². The average molecular weight is 334 g/mol. The number of halogens is 3. The Morgan fingerprint density at radius 2 is 1.79 bits per heavy atom. The molecule has 2 rings (SSSR count). The van der Waals surface area contributed by atoms with Crippen molar-refractivity contribution in [1.29, 1.82) is 5.26 Å². The summed E-state index contributed by atoms with van der Waals surface area (Å²) >= 11 is 0. The molecule has 124 valence electrons. The van der Waals surface area contributed by atoms with Gasteiger partial charge in [0.1, 0.15) is 11.8 Å². The molecule has 7 heteroatoms. The molecule has 0 radical (unpaired) electrons. The molecule has 0 saturated heterocycles. The lowest BCUT2D eigenvalue weighted by Gasteiger charge is -2.10. The van der Waals surface area contributed by atoms with Gasteiger partial charge in [0.15, 0.2) is 6.61 Å². The Balaban J connectivity index is 1.84. The maximum absolute atomic E-state index is 12.4. The van der Waals surface area contributed by atoms with Crippen molar-refractivity contribution in [3.63, 3.8) is 0 Å². The number of carbonyl (C=O) groups is 1. The summed E-state index contributed by atoms with van der Waals surface area (Å²) < 4.78 is 42.6. The van der Waals surface area contributed by atoms with Gasteiger partial charge >= 0.3 is 6.18 Å². The lowest BCUT2D eigenvalue weighted by Crippen LogP contribution is -2.28. The fourth-order valence-electron chi connectivity index (χ4n) is 1.89. The number of hydrogen-bond acceptors (Lipinski definition) is 3. The smallest absolute Gasteiger partial charge is 0.416 e. The number of para-hydroxylation sites is 1. The van der Waals surface area contributed by atoms with E-state index in [0.717, 1.165) is 12.1 Å². The summed E-state index contributed by atoms with van der Waals surface area (Å²) in [6.45, 7) is -0.209. The second-order valence-electron chi connectivity index (χ2n) is 4.87. The molecule has 24 heavy (non-hydrogen) atoms. The summed E-state index contributed by atoms with van der Waals surface area (Å²) in [5, 5.41) is 11.4. The van der Waals surface area contributed by atoms with Gasteiger partial charge in [-0.25, -0.2) is 0 Å². The lowest BCUT2D eigenvalue weighted by atomic mass is 10.1. The molecule has 2 aromatic rings. The van der Waals surface area contributed by atoms with Gasteiger partial charge in [-0.05, 0) is 29.8 Å². The summed E-state index contributed by atoms with van der Waals surface area (Å²) in [5.74, 6) is -0.146. The van der Waals surface area contributed by atoms with Crippen molar-refractivity contribution in [3.8, 4) is 11.8 Å². The molecule has 1 amide bonds.